The standard InChI is InChI=1S/C23H34N4O3/c28-22-18-15-26(17-9-13-30-14-10-17)12-8-19(18)24-21(25-22)20-7-4-11-27(20)23(29)16-5-2-1-3-6-16/h16-17,20H,1-15H2,(H,24,25,28)/t20-/m0/s1. The van der Waals surface area contributed by atoms with Crippen molar-refractivity contribution in [3.63, 3.8) is 0 Å². The fraction of sp³-hybridized carbons (Fsp3) is 0.783. The third-order valence-electron chi connectivity index (χ3n) is 7.63. The van der Waals surface area contributed by atoms with Crippen LogP contribution in [0.2, 0.25) is 0 Å². The quantitative estimate of drug-likeness (QED) is 0.822. The second-order valence-corrected chi connectivity index (χ2v) is 9.47. The summed E-state index contributed by atoms with van der Waals surface area (Å²) in [6.07, 6.45) is 10.4. The van der Waals surface area contributed by atoms with Crippen LogP contribution in [0.5, 0.6) is 0 Å². The van der Waals surface area contributed by atoms with Crippen LogP contribution in [-0.2, 0) is 22.5 Å². The fourth-order valence-corrected chi connectivity index (χ4v) is 5.88. The van der Waals surface area contributed by atoms with Crippen LogP contribution < -0.4 is 5.56 Å². The first-order valence-corrected chi connectivity index (χ1v) is 11.9. The molecule has 1 N–H and O–H groups in total. The molecule has 4 aliphatic rings. The lowest BCUT2D eigenvalue weighted by Crippen LogP contribution is -2.45. The Bertz CT molecular complexity index is 826. The average molecular weight is 415 g/mol. The summed E-state index contributed by atoms with van der Waals surface area (Å²) in [7, 11) is 0. The van der Waals surface area contributed by atoms with Crippen LogP contribution in [0.3, 0.4) is 0 Å². The Morgan fingerprint density at radius 3 is 2.60 bits per heavy atom. The summed E-state index contributed by atoms with van der Waals surface area (Å²) < 4.78 is 5.49. The first-order chi connectivity index (χ1) is 14.7. The predicted molar refractivity (Wildman–Crippen MR) is 113 cm³/mol. The van der Waals surface area contributed by atoms with Gasteiger partial charge in [0.2, 0.25) is 5.91 Å². The van der Waals surface area contributed by atoms with Crippen molar-refractivity contribution in [1.29, 1.82) is 0 Å². The van der Waals surface area contributed by atoms with Gasteiger partial charge in [-0.05, 0) is 38.5 Å². The number of carbonyl (C=O) groups excluding carboxylic acids is 1. The van der Waals surface area contributed by atoms with Crippen molar-refractivity contribution >= 4 is 5.91 Å². The van der Waals surface area contributed by atoms with E-state index in [1.165, 1.54) is 6.42 Å². The van der Waals surface area contributed by atoms with Gasteiger partial charge in [-0.2, -0.15) is 0 Å². The second kappa shape index (κ2) is 8.79. The van der Waals surface area contributed by atoms with Crippen molar-refractivity contribution in [2.24, 2.45) is 5.92 Å². The molecule has 3 fully saturated rings. The van der Waals surface area contributed by atoms with Crippen LogP contribution in [-0.4, -0.2) is 58.0 Å². The van der Waals surface area contributed by atoms with Gasteiger partial charge in [-0.25, -0.2) is 4.98 Å². The zero-order valence-electron chi connectivity index (χ0n) is 17.9. The monoisotopic (exact) mass is 414 g/mol. The van der Waals surface area contributed by atoms with Gasteiger partial charge in [0.1, 0.15) is 5.82 Å². The summed E-state index contributed by atoms with van der Waals surface area (Å²) in [5.74, 6) is 1.15. The van der Waals surface area contributed by atoms with Gasteiger partial charge in [0.15, 0.2) is 0 Å². The molecule has 0 spiro atoms. The number of ether oxygens (including phenoxy) is 1. The zero-order valence-corrected chi connectivity index (χ0v) is 17.9. The highest BCUT2D eigenvalue weighted by Crippen LogP contribution is 2.34. The minimum absolute atomic E-state index is 0.0104. The highest BCUT2D eigenvalue weighted by atomic mass is 16.5. The van der Waals surface area contributed by atoms with Gasteiger partial charge < -0.3 is 14.6 Å². The molecule has 1 atom stereocenters. The normalized spacial score (nSPS) is 26.7. The maximum absolute atomic E-state index is 13.2. The molecule has 4 heterocycles. The summed E-state index contributed by atoms with van der Waals surface area (Å²) >= 11 is 0. The van der Waals surface area contributed by atoms with E-state index >= 15 is 0 Å². The Hall–Kier alpha value is -1.73. The average Bonchev–Trinajstić information content (AvgIpc) is 3.29. The van der Waals surface area contributed by atoms with E-state index in [4.69, 9.17) is 9.72 Å². The van der Waals surface area contributed by atoms with Gasteiger partial charge in [0, 0.05) is 51.2 Å². The smallest absolute Gasteiger partial charge is 0.255 e. The van der Waals surface area contributed by atoms with Crippen molar-refractivity contribution < 1.29 is 9.53 Å². The lowest BCUT2D eigenvalue weighted by atomic mass is 9.88. The Morgan fingerprint density at radius 1 is 1.00 bits per heavy atom. The molecule has 164 valence electrons. The number of nitrogens with zero attached hydrogens (tertiary/aromatic N) is 3. The molecule has 0 aromatic carbocycles. The van der Waals surface area contributed by atoms with E-state index in [0.717, 1.165) is 95.3 Å². The molecule has 7 nitrogen and oxygen atoms in total. The number of hydrogen-bond donors (Lipinski definition) is 1. The predicted octanol–water partition coefficient (Wildman–Crippen LogP) is 2.55. The van der Waals surface area contributed by atoms with Crippen molar-refractivity contribution in [1.82, 2.24) is 19.8 Å². The van der Waals surface area contributed by atoms with Gasteiger partial charge in [-0.3, -0.25) is 14.5 Å². The third-order valence-corrected chi connectivity index (χ3v) is 7.63. The lowest BCUT2D eigenvalue weighted by Gasteiger charge is -2.37. The highest BCUT2D eigenvalue weighted by Gasteiger charge is 2.36. The Labute approximate surface area is 178 Å². The molecule has 0 radical (unpaired) electrons. The molecular weight excluding hydrogens is 380 g/mol. The van der Waals surface area contributed by atoms with E-state index in [1.807, 2.05) is 4.90 Å². The van der Waals surface area contributed by atoms with Crippen LogP contribution in [0.4, 0.5) is 0 Å². The number of fused-ring (bicyclic) bond motifs is 1. The number of likely N-dealkylation sites (tertiary alicyclic amines) is 1. The van der Waals surface area contributed by atoms with Gasteiger partial charge in [-0.15, -0.1) is 0 Å². The number of rotatable bonds is 3. The van der Waals surface area contributed by atoms with Crippen LogP contribution in [0.15, 0.2) is 4.79 Å². The summed E-state index contributed by atoms with van der Waals surface area (Å²) in [6, 6.07) is 0.440. The maximum Gasteiger partial charge on any atom is 0.255 e. The zero-order chi connectivity index (χ0) is 20.5. The molecule has 3 aliphatic heterocycles. The number of amides is 1. The fourth-order valence-electron chi connectivity index (χ4n) is 5.88. The highest BCUT2D eigenvalue weighted by molar-refractivity contribution is 5.79. The maximum atomic E-state index is 13.2. The van der Waals surface area contributed by atoms with E-state index in [2.05, 4.69) is 9.88 Å². The molecule has 1 aliphatic carbocycles. The number of carbonyl (C=O) groups is 1. The van der Waals surface area contributed by atoms with Gasteiger partial charge >= 0.3 is 0 Å². The largest absolute Gasteiger partial charge is 0.381 e. The van der Waals surface area contributed by atoms with E-state index in [1.54, 1.807) is 0 Å². The minimum atomic E-state index is -0.0639. The molecular formula is C23H34N4O3. The Balaban J connectivity index is 1.34. The molecule has 0 bridgehead atoms. The number of H-pyrrole nitrogens is 1. The molecule has 0 unspecified atom stereocenters. The topological polar surface area (TPSA) is 78.5 Å². The number of aromatic nitrogens is 2. The summed E-state index contributed by atoms with van der Waals surface area (Å²) in [5.41, 5.74) is 1.75. The van der Waals surface area contributed by atoms with Crippen molar-refractivity contribution in [2.45, 2.75) is 82.8 Å². The van der Waals surface area contributed by atoms with E-state index in [-0.39, 0.29) is 23.4 Å². The number of nitrogens with one attached hydrogen (secondary N) is 1. The molecule has 2 saturated heterocycles. The van der Waals surface area contributed by atoms with Crippen LogP contribution in [0.1, 0.15) is 80.9 Å². The van der Waals surface area contributed by atoms with Gasteiger partial charge in [0.25, 0.3) is 5.56 Å². The van der Waals surface area contributed by atoms with Crippen LogP contribution in [0.25, 0.3) is 0 Å². The first-order valence-electron chi connectivity index (χ1n) is 11.9. The summed E-state index contributed by atoms with van der Waals surface area (Å²) in [6.45, 7) is 4.04. The minimum Gasteiger partial charge on any atom is -0.381 e. The summed E-state index contributed by atoms with van der Waals surface area (Å²) in [4.78, 5) is 38.6. The summed E-state index contributed by atoms with van der Waals surface area (Å²) in [5, 5.41) is 0. The molecule has 5 rings (SSSR count). The van der Waals surface area contributed by atoms with Crippen molar-refractivity contribution in [3.8, 4) is 0 Å². The molecule has 30 heavy (non-hydrogen) atoms. The van der Waals surface area contributed by atoms with Crippen LogP contribution >= 0.6 is 0 Å². The Kier molecular flexibility index (Phi) is 5.92. The molecule has 1 saturated carbocycles. The number of aromatic amines is 1. The molecule has 1 aromatic heterocycles. The molecule has 1 aromatic rings. The van der Waals surface area contributed by atoms with E-state index in [9.17, 15) is 9.59 Å². The van der Waals surface area contributed by atoms with Gasteiger partial charge in [0.05, 0.1) is 17.3 Å². The van der Waals surface area contributed by atoms with E-state index in [0.29, 0.717) is 18.4 Å². The second-order valence-electron chi connectivity index (χ2n) is 9.47. The van der Waals surface area contributed by atoms with Crippen LogP contribution in [0, 0.1) is 5.92 Å². The SMILES string of the molecule is O=C(C1CCCCC1)N1CCC[C@H]1c1nc2c(c(=O)[nH]1)CN(C1CCOCC1)CC2. The van der Waals surface area contributed by atoms with E-state index < -0.39 is 0 Å². The first kappa shape index (κ1) is 20.2. The molecule has 1 amide bonds. The van der Waals surface area contributed by atoms with Gasteiger partial charge in [-0.1, -0.05) is 19.3 Å². The lowest BCUT2D eigenvalue weighted by molar-refractivity contribution is -0.137. The Morgan fingerprint density at radius 2 is 1.80 bits per heavy atom. The number of hydrogen-bond acceptors (Lipinski definition) is 5. The van der Waals surface area contributed by atoms with Crippen molar-refractivity contribution in [2.75, 3.05) is 26.3 Å². The third kappa shape index (κ3) is 3.94. The van der Waals surface area contributed by atoms with Crippen molar-refractivity contribution in [3.05, 3.63) is 27.4 Å². The molecule has 7 heteroatoms.